The third-order valence-electron chi connectivity index (χ3n) is 3.85. The quantitative estimate of drug-likeness (QED) is 0.569. The summed E-state index contributed by atoms with van der Waals surface area (Å²) in [6.45, 7) is 2.24. The van der Waals surface area contributed by atoms with Gasteiger partial charge in [0.1, 0.15) is 0 Å². The molecule has 0 radical (unpaired) electrons. The number of nitrogens with one attached hydrogen (secondary N) is 1. The molecule has 1 aliphatic heterocycles. The molecule has 1 aliphatic rings. The second-order valence-electron chi connectivity index (χ2n) is 5.31. The van der Waals surface area contributed by atoms with Crippen molar-refractivity contribution in [1.29, 1.82) is 0 Å². The van der Waals surface area contributed by atoms with E-state index in [9.17, 15) is 0 Å². The second-order valence-corrected chi connectivity index (χ2v) is 5.31. The molecule has 3 aromatic rings. The van der Waals surface area contributed by atoms with E-state index in [0.717, 1.165) is 6.42 Å². The van der Waals surface area contributed by atoms with Crippen molar-refractivity contribution in [3.05, 3.63) is 54.1 Å². The summed E-state index contributed by atoms with van der Waals surface area (Å²) < 4.78 is 0. The molecule has 1 atom stereocenters. The molecule has 1 N–H and O–H groups in total. The van der Waals surface area contributed by atoms with Crippen LogP contribution in [0, 0.1) is 0 Å². The Kier molecular flexibility index (Phi) is 1.93. The Morgan fingerprint density at radius 1 is 0.889 bits per heavy atom. The minimum Gasteiger partial charge on any atom is -0.382 e. The highest BCUT2D eigenvalue weighted by molar-refractivity contribution is 6.00. The van der Waals surface area contributed by atoms with Gasteiger partial charge in [0, 0.05) is 11.7 Å². The maximum absolute atomic E-state index is 3.54. The maximum Gasteiger partial charge on any atom is 0.0382 e. The zero-order valence-corrected chi connectivity index (χ0v) is 10.4. The number of anilines is 1. The van der Waals surface area contributed by atoms with Crippen LogP contribution in [0.1, 0.15) is 12.5 Å². The van der Waals surface area contributed by atoms with Gasteiger partial charge in [0.15, 0.2) is 0 Å². The first-order valence-electron chi connectivity index (χ1n) is 6.51. The molecule has 0 saturated heterocycles. The molecule has 88 valence electrons. The summed E-state index contributed by atoms with van der Waals surface area (Å²) in [5, 5.41) is 8.85. The van der Waals surface area contributed by atoms with Gasteiger partial charge in [0.05, 0.1) is 0 Å². The van der Waals surface area contributed by atoms with Crippen LogP contribution in [-0.2, 0) is 6.42 Å². The van der Waals surface area contributed by atoms with E-state index in [1.54, 1.807) is 0 Å². The molecule has 0 bridgehead atoms. The number of benzene rings is 3. The second kappa shape index (κ2) is 3.49. The average molecular weight is 233 g/mol. The van der Waals surface area contributed by atoms with Gasteiger partial charge in [-0.2, -0.15) is 0 Å². The van der Waals surface area contributed by atoms with Gasteiger partial charge in [-0.15, -0.1) is 0 Å². The molecule has 18 heavy (non-hydrogen) atoms. The fourth-order valence-electron chi connectivity index (χ4n) is 2.99. The standard InChI is InChI=1S/C17H15N/c1-11-6-16-9-14-7-12-4-2-3-5-13(12)8-15(14)10-17(16)18-11/h2-5,7-11,18H,6H2,1H3. The van der Waals surface area contributed by atoms with Crippen molar-refractivity contribution in [2.45, 2.75) is 19.4 Å². The first kappa shape index (κ1) is 9.95. The SMILES string of the molecule is CC1Cc2cc3cc4ccccc4cc3cc2N1. The molecule has 1 nitrogen and oxygen atoms in total. The van der Waals surface area contributed by atoms with E-state index < -0.39 is 0 Å². The van der Waals surface area contributed by atoms with Crippen LogP contribution in [0.4, 0.5) is 5.69 Å². The zero-order valence-electron chi connectivity index (χ0n) is 10.4. The lowest BCUT2D eigenvalue weighted by molar-refractivity contribution is 0.839. The Morgan fingerprint density at radius 3 is 2.28 bits per heavy atom. The van der Waals surface area contributed by atoms with Crippen LogP contribution in [0.2, 0.25) is 0 Å². The molecule has 0 aliphatic carbocycles. The van der Waals surface area contributed by atoms with Crippen molar-refractivity contribution >= 4 is 27.2 Å². The molecular formula is C17H15N. The lowest BCUT2D eigenvalue weighted by atomic mass is 10.0. The monoisotopic (exact) mass is 233 g/mol. The van der Waals surface area contributed by atoms with Gasteiger partial charge in [-0.3, -0.25) is 0 Å². The van der Waals surface area contributed by atoms with Crippen molar-refractivity contribution < 1.29 is 0 Å². The summed E-state index contributed by atoms with van der Waals surface area (Å²) in [6, 6.07) is 18.3. The average Bonchev–Trinajstić information content (AvgIpc) is 2.72. The van der Waals surface area contributed by atoms with Crippen LogP contribution in [0.3, 0.4) is 0 Å². The Bertz CT molecular complexity index is 694. The number of hydrogen-bond donors (Lipinski definition) is 1. The van der Waals surface area contributed by atoms with Gasteiger partial charge in [-0.05, 0) is 64.7 Å². The summed E-state index contributed by atoms with van der Waals surface area (Å²) in [6.07, 6.45) is 1.14. The van der Waals surface area contributed by atoms with Crippen LogP contribution in [-0.4, -0.2) is 6.04 Å². The number of fused-ring (bicyclic) bond motifs is 3. The molecule has 1 heterocycles. The van der Waals surface area contributed by atoms with Crippen molar-refractivity contribution in [3.63, 3.8) is 0 Å². The Balaban J connectivity index is 2.05. The largest absolute Gasteiger partial charge is 0.382 e. The smallest absolute Gasteiger partial charge is 0.0382 e. The third kappa shape index (κ3) is 1.40. The van der Waals surface area contributed by atoms with Gasteiger partial charge in [0.25, 0.3) is 0 Å². The molecule has 0 aromatic heterocycles. The van der Waals surface area contributed by atoms with Crippen LogP contribution in [0.15, 0.2) is 48.5 Å². The topological polar surface area (TPSA) is 12.0 Å². The molecule has 0 spiro atoms. The van der Waals surface area contributed by atoms with Crippen molar-refractivity contribution in [3.8, 4) is 0 Å². The first-order valence-corrected chi connectivity index (χ1v) is 6.51. The lowest BCUT2D eigenvalue weighted by Crippen LogP contribution is -2.08. The highest BCUT2D eigenvalue weighted by Gasteiger charge is 2.16. The van der Waals surface area contributed by atoms with E-state index in [1.807, 2.05) is 0 Å². The Morgan fingerprint density at radius 2 is 1.56 bits per heavy atom. The van der Waals surface area contributed by atoms with Gasteiger partial charge in [0.2, 0.25) is 0 Å². The van der Waals surface area contributed by atoms with Gasteiger partial charge < -0.3 is 5.32 Å². The van der Waals surface area contributed by atoms with Crippen LogP contribution in [0.5, 0.6) is 0 Å². The Labute approximate surface area is 106 Å². The normalized spacial score (nSPS) is 17.9. The van der Waals surface area contributed by atoms with Gasteiger partial charge >= 0.3 is 0 Å². The van der Waals surface area contributed by atoms with Crippen LogP contribution >= 0.6 is 0 Å². The van der Waals surface area contributed by atoms with E-state index in [0.29, 0.717) is 6.04 Å². The van der Waals surface area contributed by atoms with E-state index in [-0.39, 0.29) is 0 Å². The van der Waals surface area contributed by atoms with E-state index in [4.69, 9.17) is 0 Å². The van der Waals surface area contributed by atoms with Gasteiger partial charge in [-0.1, -0.05) is 24.3 Å². The maximum atomic E-state index is 3.54. The number of hydrogen-bond acceptors (Lipinski definition) is 1. The molecule has 0 fully saturated rings. The van der Waals surface area contributed by atoms with Crippen molar-refractivity contribution in [2.75, 3.05) is 5.32 Å². The van der Waals surface area contributed by atoms with Crippen LogP contribution < -0.4 is 5.32 Å². The fraction of sp³-hybridized carbons (Fsp3) is 0.176. The molecule has 1 unspecified atom stereocenters. The highest BCUT2D eigenvalue weighted by atomic mass is 14.9. The highest BCUT2D eigenvalue weighted by Crippen LogP contribution is 2.32. The third-order valence-corrected chi connectivity index (χ3v) is 3.85. The lowest BCUT2D eigenvalue weighted by Gasteiger charge is -2.06. The molecule has 4 rings (SSSR count). The van der Waals surface area contributed by atoms with E-state index >= 15 is 0 Å². The molecule has 0 saturated carbocycles. The molecule has 0 amide bonds. The summed E-state index contributed by atoms with van der Waals surface area (Å²) in [7, 11) is 0. The molecule has 3 aromatic carbocycles. The molecule has 1 heteroatoms. The minimum absolute atomic E-state index is 0.561. The summed E-state index contributed by atoms with van der Waals surface area (Å²) in [5.74, 6) is 0. The van der Waals surface area contributed by atoms with Crippen molar-refractivity contribution in [1.82, 2.24) is 0 Å². The number of rotatable bonds is 0. The predicted octanol–water partition coefficient (Wildman–Crippen LogP) is 4.35. The van der Waals surface area contributed by atoms with E-state index in [1.165, 1.54) is 32.8 Å². The van der Waals surface area contributed by atoms with Crippen LogP contribution in [0.25, 0.3) is 21.5 Å². The van der Waals surface area contributed by atoms with Crippen molar-refractivity contribution in [2.24, 2.45) is 0 Å². The van der Waals surface area contributed by atoms with Gasteiger partial charge in [-0.25, -0.2) is 0 Å². The zero-order chi connectivity index (χ0) is 12.1. The summed E-state index contributed by atoms with van der Waals surface area (Å²) in [4.78, 5) is 0. The summed E-state index contributed by atoms with van der Waals surface area (Å²) >= 11 is 0. The summed E-state index contributed by atoms with van der Waals surface area (Å²) in [5.41, 5.74) is 2.76. The minimum atomic E-state index is 0.561. The first-order chi connectivity index (χ1) is 8.79. The Hall–Kier alpha value is -2.02. The van der Waals surface area contributed by atoms with E-state index in [2.05, 4.69) is 60.8 Å². The predicted molar refractivity (Wildman–Crippen MR) is 78.2 cm³/mol. The molecular weight excluding hydrogens is 218 g/mol. The fourth-order valence-corrected chi connectivity index (χ4v) is 2.99.